The second kappa shape index (κ2) is 2.81. The fourth-order valence-corrected chi connectivity index (χ4v) is 0.949. The number of H-pyrrole nitrogens is 1. The molecule has 2 N–H and O–H groups in total. The normalized spacial score (nSPS) is 9.83. The summed E-state index contributed by atoms with van der Waals surface area (Å²) >= 11 is 0. The van der Waals surface area contributed by atoms with Crippen LogP contribution in [-0.4, -0.2) is 16.1 Å². The minimum atomic E-state index is -1.02. The first-order valence-corrected chi connectivity index (χ1v) is 3.46. The number of aromatic carboxylic acids is 1. The first-order chi connectivity index (χ1) is 5.54. The molecule has 0 unspecified atom stereocenters. The van der Waals surface area contributed by atoms with Gasteiger partial charge in [-0.25, -0.2) is 4.79 Å². The molecule has 12 heavy (non-hydrogen) atoms. The van der Waals surface area contributed by atoms with Gasteiger partial charge in [0.05, 0.1) is 5.56 Å². The van der Waals surface area contributed by atoms with Gasteiger partial charge in [-0.3, -0.25) is 4.79 Å². The Balaban J connectivity index is 3.47. The number of carboxylic acids is 1. The second-order valence-corrected chi connectivity index (χ2v) is 2.59. The number of rotatable bonds is 1. The molecule has 0 radical (unpaired) electrons. The van der Waals surface area contributed by atoms with Crippen LogP contribution in [0.15, 0.2) is 11.0 Å². The summed E-state index contributed by atoms with van der Waals surface area (Å²) in [5.41, 5.74) is 0.880. The summed E-state index contributed by atoms with van der Waals surface area (Å²) in [6.07, 6.45) is 1.22. The van der Waals surface area contributed by atoms with E-state index in [1.165, 1.54) is 6.20 Å². The number of aromatic nitrogens is 1. The number of aromatic amines is 1. The molecule has 64 valence electrons. The predicted molar refractivity (Wildman–Crippen MR) is 43.5 cm³/mol. The van der Waals surface area contributed by atoms with Gasteiger partial charge in [0.1, 0.15) is 0 Å². The summed E-state index contributed by atoms with van der Waals surface area (Å²) in [4.78, 5) is 23.9. The van der Waals surface area contributed by atoms with E-state index in [4.69, 9.17) is 5.11 Å². The Labute approximate surface area is 68.9 Å². The number of nitrogens with one attached hydrogen (secondary N) is 1. The van der Waals surface area contributed by atoms with Gasteiger partial charge < -0.3 is 10.1 Å². The van der Waals surface area contributed by atoms with Crippen molar-refractivity contribution in [1.82, 2.24) is 4.98 Å². The van der Waals surface area contributed by atoms with Gasteiger partial charge >= 0.3 is 5.97 Å². The minimum Gasteiger partial charge on any atom is -0.478 e. The van der Waals surface area contributed by atoms with Crippen molar-refractivity contribution in [2.75, 3.05) is 0 Å². The van der Waals surface area contributed by atoms with Crippen molar-refractivity contribution in [2.24, 2.45) is 0 Å². The molecule has 1 aromatic heterocycles. The van der Waals surface area contributed by atoms with Crippen molar-refractivity contribution >= 4 is 5.97 Å². The van der Waals surface area contributed by atoms with Crippen LogP contribution in [0.25, 0.3) is 0 Å². The summed E-state index contributed by atoms with van der Waals surface area (Å²) in [5.74, 6) is -1.02. The van der Waals surface area contributed by atoms with Crippen molar-refractivity contribution in [3.63, 3.8) is 0 Å². The van der Waals surface area contributed by atoms with Gasteiger partial charge in [-0.2, -0.15) is 0 Å². The highest BCUT2D eigenvalue weighted by molar-refractivity contribution is 5.89. The second-order valence-electron chi connectivity index (χ2n) is 2.59. The number of carboxylic acid groups (broad SMARTS) is 1. The molecule has 0 fully saturated rings. The number of pyridine rings is 1. The van der Waals surface area contributed by atoms with Crippen molar-refractivity contribution < 1.29 is 9.90 Å². The Hall–Kier alpha value is -1.58. The standard InChI is InChI=1S/C8H9NO3/c1-4-5(2)7(10)9-3-6(4)8(11)12/h3H,1-2H3,(H,9,10)(H,11,12). The van der Waals surface area contributed by atoms with Gasteiger partial charge in [-0.15, -0.1) is 0 Å². The molecule has 0 amide bonds. The van der Waals surface area contributed by atoms with Gasteiger partial charge in [0.2, 0.25) is 0 Å². The van der Waals surface area contributed by atoms with E-state index in [9.17, 15) is 9.59 Å². The van der Waals surface area contributed by atoms with E-state index >= 15 is 0 Å². The van der Waals surface area contributed by atoms with Crippen molar-refractivity contribution in [3.05, 3.63) is 33.2 Å². The highest BCUT2D eigenvalue weighted by atomic mass is 16.4. The van der Waals surface area contributed by atoms with E-state index in [1.54, 1.807) is 13.8 Å². The first-order valence-electron chi connectivity index (χ1n) is 3.46. The first kappa shape index (κ1) is 8.52. The minimum absolute atomic E-state index is 0.145. The molecule has 0 saturated carbocycles. The van der Waals surface area contributed by atoms with E-state index < -0.39 is 5.97 Å². The predicted octanol–water partition coefficient (Wildman–Crippen LogP) is 0.690. The van der Waals surface area contributed by atoms with Crippen LogP contribution in [-0.2, 0) is 0 Å². The third-order valence-corrected chi connectivity index (χ3v) is 1.89. The van der Waals surface area contributed by atoms with E-state index in [0.29, 0.717) is 11.1 Å². The van der Waals surface area contributed by atoms with Crippen LogP contribution in [0.4, 0.5) is 0 Å². The summed E-state index contributed by atoms with van der Waals surface area (Å²) in [7, 11) is 0. The molecule has 0 aliphatic rings. The summed E-state index contributed by atoms with van der Waals surface area (Å²) in [6, 6.07) is 0. The third-order valence-electron chi connectivity index (χ3n) is 1.89. The molecular formula is C8H9NO3. The SMILES string of the molecule is Cc1c(C(=O)O)c[nH]c(=O)c1C. The fraction of sp³-hybridized carbons (Fsp3) is 0.250. The molecular weight excluding hydrogens is 158 g/mol. The molecule has 0 aromatic carbocycles. The van der Waals surface area contributed by atoms with Crippen molar-refractivity contribution in [2.45, 2.75) is 13.8 Å². The van der Waals surface area contributed by atoms with E-state index in [0.717, 1.165) is 0 Å². The zero-order chi connectivity index (χ0) is 9.30. The van der Waals surface area contributed by atoms with Crippen LogP contribution in [0, 0.1) is 13.8 Å². The lowest BCUT2D eigenvalue weighted by Crippen LogP contribution is -2.14. The van der Waals surface area contributed by atoms with Crippen LogP contribution < -0.4 is 5.56 Å². The van der Waals surface area contributed by atoms with Crippen LogP contribution in [0.5, 0.6) is 0 Å². The molecule has 0 atom stereocenters. The molecule has 0 saturated heterocycles. The number of carbonyl (C=O) groups is 1. The lowest BCUT2D eigenvalue weighted by molar-refractivity contribution is 0.0695. The Bertz CT molecular complexity index is 378. The van der Waals surface area contributed by atoms with E-state index in [2.05, 4.69) is 4.98 Å². The largest absolute Gasteiger partial charge is 0.478 e. The molecule has 1 rings (SSSR count). The molecule has 1 heterocycles. The van der Waals surface area contributed by atoms with Gasteiger partial charge in [0.25, 0.3) is 5.56 Å². The van der Waals surface area contributed by atoms with Gasteiger partial charge in [-0.05, 0) is 19.4 Å². The Kier molecular flexibility index (Phi) is 1.99. The Morgan fingerprint density at radius 1 is 1.42 bits per heavy atom. The molecule has 0 bridgehead atoms. The lowest BCUT2D eigenvalue weighted by atomic mass is 10.1. The molecule has 0 aliphatic heterocycles. The van der Waals surface area contributed by atoms with Crippen LogP contribution in [0.2, 0.25) is 0 Å². The summed E-state index contributed by atoms with van der Waals surface area (Å²) in [6.45, 7) is 3.22. The maximum absolute atomic E-state index is 11.0. The highest BCUT2D eigenvalue weighted by Gasteiger charge is 2.09. The molecule has 4 heteroatoms. The van der Waals surface area contributed by atoms with Crippen LogP contribution in [0.3, 0.4) is 0 Å². The zero-order valence-corrected chi connectivity index (χ0v) is 6.84. The average molecular weight is 167 g/mol. The molecule has 1 aromatic rings. The zero-order valence-electron chi connectivity index (χ0n) is 6.84. The van der Waals surface area contributed by atoms with Gasteiger partial charge in [0, 0.05) is 11.8 Å². The van der Waals surface area contributed by atoms with Gasteiger partial charge in [-0.1, -0.05) is 0 Å². The molecule has 0 spiro atoms. The van der Waals surface area contributed by atoms with E-state index in [1.807, 2.05) is 0 Å². The third kappa shape index (κ3) is 1.23. The van der Waals surface area contributed by atoms with Crippen LogP contribution in [0.1, 0.15) is 21.5 Å². The number of hydrogen-bond donors (Lipinski definition) is 2. The Morgan fingerprint density at radius 3 is 2.50 bits per heavy atom. The average Bonchev–Trinajstić information content (AvgIpc) is 2.00. The maximum Gasteiger partial charge on any atom is 0.337 e. The highest BCUT2D eigenvalue weighted by Crippen LogP contribution is 2.06. The summed E-state index contributed by atoms with van der Waals surface area (Å²) < 4.78 is 0. The molecule has 4 nitrogen and oxygen atoms in total. The molecule has 0 aliphatic carbocycles. The number of hydrogen-bond acceptors (Lipinski definition) is 2. The smallest absolute Gasteiger partial charge is 0.337 e. The Morgan fingerprint density at radius 2 is 2.00 bits per heavy atom. The van der Waals surface area contributed by atoms with E-state index in [-0.39, 0.29) is 11.1 Å². The van der Waals surface area contributed by atoms with Crippen molar-refractivity contribution in [3.8, 4) is 0 Å². The van der Waals surface area contributed by atoms with Gasteiger partial charge in [0.15, 0.2) is 0 Å². The lowest BCUT2D eigenvalue weighted by Gasteiger charge is -2.01. The van der Waals surface area contributed by atoms with Crippen molar-refractivity contribution in [1.29, 1.82) is 0 Å². The maximum atomic E-state index is 11.0. The summed E-state index contributed by atoms with van der Waals surface area (Å²) in [5, 5.41) is 8.66. The topological polar surface area (TPSA) is 70.2 Å². The van der Waals surface area contributed by atoms with Crippen LogP contribution >= 0.6 is 0 Å². The monoisotopic (exact) mass is 167 g/mol. The fourth-order valence-electron chi connectivity index (χ4n) is 0.949. The quantitative estimate of drug-likeness (QED) is 0.646.